The third-order valence-corrected chi connectivity index (χ3v) is 5.93. The van der Waals surface area contributed by atoms with Crippen molar-refractivity contribution in [3.8, 4) is 0 Å². The molecule has 1 saturated heterocycles. The first-order chi connectivity index (χ1) is 15.4. The van der Waals surface area contributed by atoms with Crippen molar-refractivity contribution in [1.29, 1.82) is 0 Å². The molecule has 2 N–H and O–H groups in total. The molecule has 0 radical (unpaired) electrons. The number of piperidine rings is 1. The van der Waals surface area contributed by atoms with Gasteiger partial charge in [0.2, 0.25) is 5.76 Å². The summed E-state index contributed by atoms with van der Waals surface area (Å²) in [6, 6.07) is 8.87. The molecule has 3 heterocycles. The number of aromatic nitrogens is 3. The van der Waals surface area contributed by atoms with Crippen molar-refractivity contribution in [2.75, 3.05) is 18.4 Å². The zero-order valence-electron chi connectivity index (χ0n) is 18.3. The number of amides is 1. The highest BCUT2D eigenvalue weighted by atomic mass is 16.5. The maximum absolute atomic E-state index is 12.7. The molecule has 3 aromatic rings. The molecule has 1 aromatic carbocycles. The van der Waals surface area contributed by atoms with Gasteiger partial charge in [-0.25, -0.2) is 4.79 Å². The van der Waals surface area contributed by atoms with Crippen LogP contribution in [0, 0.1) is 12.8 Å². The van der Waals surface area contributed by atoms with Gasteiger partial charge in [0.05, 0.1) is 6.20 Å². The topological polar surface area (TPSA) is 113 Å². The van der Waals surface area contributed by atoms with E-state index in [0.717, 1.165) is 24.9 Å². The molecule has 1 atom stereocenters. The Morgan fingerprint density at radius 2 is 2.12 bits per heavy atom. The molecule has 1 aliphatic rings. The Kier molecular flexibility index (Phi) is 6.25. The summed E-state index contributed by atoms with van der Waals surface area (Å²) in [5, 5.41) is 6.70. The number of rotatable bonds is 6. The number of nitrogens with one attached hydrogen (secondary N) is 2. The van der Waals surface area contributed by atoms with E-state index in [2.05, 4.69) is 29.3 Å². The monoisotopic (exact) mass is 437 g/mol. The summed E-state index contributed by atoms with van der Waals surface area (Å²) in [5.41, 5.74) is 2.37. The van der Waals surface area contributed by atoms with Crippen LogP contribution in [0.25, 0.3) is 0 Å². The summed E-state index contributed by atoms with van der Waals surface area (Å²) in [4.78, 5) is 42.3. The summed E-state index contributed by atoms with van der Waals surface area (Å²) in [5.74, 6) is 0.321. The first-order valence-corrected chi connectivity index (χ1v) is 10.8. The number of nitrogens with zero attached hydrogens (tertiary/aromatic N) is 3. The Labute approximate surface area is 185 Å². The van der Waals surface area contributed by atoms with E-state index < -0.39 is 5.69 Å². The van der Waals surface area contributed by atoms with Gasteiger partial charge in [-0.2, -0.15) is 0 Å². The summed E-state index contributed by atoms with van der Waals surface area (Å²) in [6.07, 6.45) is 3.96. The van der Waals surface area contributed by atoms with Crippen LogP contribution in [0.15, 0.2) is 50.6 Å². The van der Waals surface area contributed by atoms with Gasteiger partial charge in [-0.05, 0) is 55.4 Å². The maximum Gasteiger partial charge on any atom is 0.329 e. The third kappa shape index (κ3) is 4.66. The van der Waals surface area contributed by atoms with Gasteiger partial charge < -0.3 is 14.7 Å². The van der Waals surface area contributed by atoms with Gasteiger partial charge in [-0.15, -0.1) is 0 Å². The second-order valence-corrected chi connectivity index (χ2v) is 8.19. The Bertz CT molecular complexity index is 1180. The number of H-pyrrole nitrogens is 1. The van der Waals surface area contributed by atoms with E-state index in [1.807, 2.05) is 18.2 Å². The molecule has 1 aliphatic heterocycles. The number of aromatic amines is 1. The fourth-order valence-electron chi connectivity index (χ4n) is 4.18. The zero-order valence-corrected chi connectivity index (χ0v) is 18.3. The summed E-state index contributed by atoms with van der Waals surface area (Å²) in [6.45, 7) is 5.45. The van der Waals surface area contributed by atoms with E-state index in [4.69, 9.17) is 4.52 Å². The van der Waals surface area contributed by atoms with Crippen LogP contribution in [0.2, 0.25) is 0 Å². The van der Waals surface area contributed by atoms with Crippen molar-refractivity contribution in [2.24, 2.45) is 5.92 Å². The standard InChI is InChI=1S/C23H27N5O4/c1-3-17-11-18(7-6-15(17)2)25-20-12-21(29)28(23(31)26-20)14-16-5-4-10-27(13-16)22(30)19-8-9-24-32-19/h6-9,11-12,16,25H,3-5,10,13-14H2,1-2H3,(H,26,31). The van der Waals surface area contributed by atoms with Crippen LogP contribution in [0.1, 0.15) is 41.4 Å². The number of anilines is 2. The fourth-order valence-corrected chi connectivity index (χ4v) is 4.18. The minimum Gasteiger partial charge on any atom is -0.351 e. The van der Waals surface area contributed by atoms with Crippen molar-refractivity contribution in [1.82, 2.24) is 19.6 Å². The molecule has 0 spiro atoms. The average Bonchev–Trinajstić information content (AvgIpc) is 3.32. The van der Waals surface area contributed by atoms with Gasteiger partial charge in [-0.3, -0.25) is 19.1 Å². The van der Waals surface area contributed by atoms with Crippen LogP contribution < -0.4 is 16.6 Å². The molecule has 9 heteroatoms. The second-order valence-electron chi connectivity index (χ2n) is 8.19. The Balaban J connectivity index is 1.47. The predicted molar refractivity (Wildman–Crippen MR) is 120 cm³/mol. The minimum atomic E-state index is -0.471. The smallest absolute Gasteiger partial charge is 0.329 e. The first-order valence-electron chi connectivity index (χ1n) is 10.8. The molecule has 32 heavy (non-hydrogen) atoms. The van der Waals surface area contributed by atoms with E-state index in [0.29, 0.717) is 18.9 Å². The van der Waals surface area contributed by atoms with Crippen LogP contribution >= 0.6 is 0 Å². The lowest BCUT2D eigenvalue weighted by Crippen LogP contribution is -2.44. The Morgan fingerprint density at radius 3 is 2.84 bits per heavy atom. The number of carbonyl (C=O) groups is 1. The lowest BCUT2D eigenvalue weighted by molar-refractivity contribution is 0.0619. The molecule has 2 aromatic heterocycles. The highest BCUT2D eigenvalue weighted by Gasteiger charge is 2.27. The number of benzene rings is 1. The SMILES string of the molecule is CCc1cc(Nc2cc(=O)n(CC3CCCN(C(=O)c4ccno4)C3)c(=O)[nH]2)ccc1C. The number of aryl methyl sites for hydroxylation is 2. The van der Waals surface area contributed by atoms with Crippen LogP contribution in [0.5, 0.6) is 0 Å². The van der Waals surface area contributed by atoms with Gasteiger partial charge in [0, 0.05) is 37.5 Å². The molecule has 1 fully saturated rings. The zero-order chi connectivity index (χ0) is 22.7. The summed E-state index contributed by atoms with van der Waals surface area (Å²) in [7, 11) is 0. The van der Waals surface area contributed by atoms with E-state index >= 15 is 0 Å². The lowest BCUT2D eigenvalue weighted by atomic mass is 9.97. The van der Waals surface area contributed by atoms with E-state index in [-0.39, 0.29) is 29.7 Å². The predicted octanol–water partition coefficient (Wildman–Crippen LogP) is 2.69. The van der Waals surface area contributed by atoms with Gasteiger partial charge >= 0.3 is 5.69 Å². The molecule has 0 saturated carbocycles. The third-order valence-electron chi connectivity index (χ3n) is 5.93. The van der Waals surface area contributed by atoms with Gasteiger partial charge in [0.1, 0.15) is 5.82 Å². The molecule has 1 unspecified atom stereocenters. The molecule has 0 bridgehead atoms. The molecule has 4 rings (SSSR count). The number of likely N-dealkylation sites (tertiary alicyclic amines) is 1. The van der Waals surface area contributed by atoms with E-state index in [1.165, 1.54) is 34.0 Å². The lowest BCUT2D eigenvalue weighted by Gasteiger charge is -2.32. The molecule has 168 valence electrons. The quantitative estimate of drug-likeness (QED) is 0.613. The van der Waals surface area contributed by atoms with Crippen LogP contribution in [0.4, 0.5) is 11.5 Å². The van der Waals surface area contributed by atoms with Crippen molar-refractivity contribution < 1.29 is 9.32 Å². The van der Waals surface area contributed by atoms with Crippen molar-refractivity contribution in [3.05, 3.63) is 74.3 Å². The van der Waals surface area contributed by atoms with Crippen molar-refractivity contribution in [2.45, 2.75) is 39.7 Å². The van der Waals surface area contributed by atoms with E-state index in [9.17, 15) is 14.4 Å². The Morgan fingerprint density at radius 1 is 1.28 bits per heavy atom. The minimum absolute atomic E-state index is 0.00237. The summed E-state index contributed by atoms with van der Waals surface area (Å²) >= 11 is 0. The van der Waals surface area contributed by atoms with Gasteiger partial charge in [0.25, 0.3) is 11.5 Å². The van der Waals surface area contributed by atoms with Crippen molar-refractivity contribution >= 4 is 17.4 Å². The second kappa shape index (κ2) is 9.25. The molecular weight excluding hydrogens is 410 g/mol. The normalized spacial score (nSPS) is 16.2. The fraction of sp³-hybridized carbons (Fsp3) is 0.391. The number of hydrogen-bond acceptors (Lipinski definition) is 6. The van der Waals surface area contributed by atoms with E-state index in [1.54, 1.807) is 4.90 Å². The first kappa shape index (κ1) is 21.6. The Hall–Kier alpha value is -3.62. The highest BCUT2D eigenvalue weighted by molar-refractivity contribution is 5.91. The molecule has 9 nitrogen and oxygen atoms in total. The summed E-state index contributed by atoms with van der Waals surface area (Å²) < 4.78 is 6.16. The largest absolute Gasteiger partial charge is 0.351 e. The van der Waals surface area contributed by atoms with Crippen LogP contribution in [-0.2, 0) is 13.0 Å². The van der Waals surface area contributed by atoms with Crippen molar-refractivity contribution in [3.63, 3.8) is 0 Å². The maximum atomic E-state index is 12.7. The van der Waals surface area contributed by atoms with Crippen LogP contribution in [-0.4, -0.2) is 38.6 Å². The number of hydrogen-bond donors (Lipinski definition) is 2. The van der Waals surface area contributed by atoms with Crippen LogP contribution in [0.3, 0.4) is 0 Å². The molecule has 1 amide bonds. The molecule has 0 aliphatic carbocycles. The molecular formula is C23H27N5O4. The number of carbonyl (C=O) groups excluding carboxylic acids is 1. The average molecular weight is 438 g/mol. The highest BCUT2D eigenvalue weighted by Crippen LogP contribution is 2.20. The van der Waals surface area contributed by atoms with Gasteiger partial charge in [0.15, 0.2) is 0 Å². The van der Waals surface area contributed by atoms with Gasteiger partial charge in [-0.1, -0.05) is 18.1 Å².